The molecule has 0 saturated heterocycles. The Morgan fingerprint density at radius 2 is 0.758 bits per heavy atom. The maximum atomic E-state index is 16.5. The van der Waals surface area contributed by atoms with Gasteiger partial charge in [0.1, 0.15) is 5.56 Å². The maximum Gasteiger partial charge on any atom is 0.420 e. The quantitative estimate of drug-likeness (QED) is 0.168. The molecule has 10 rings (SSSR count). The third kappa shape index (κ3) is 6.42. The Hall–Kier alpha value is -9.91. The highest BCUT2D eigenvalue weighted by molar-refractivity contribution is 6.12. The molecule has 8 nitrogen and oxygen atoms in total. The van der Waals surface area contributed by atoms with E-state index in [1.54, 1.807) is 106 Å². The van der Waals surface area contributed by atoms with Crippen molar-refractivity contribution in [3.63, 3.8) is 0 Å². The molecule has 0 radical (unpaired) electrons. The van der Waals surface area contributed by atoms with Crippen molar-refractivity contribution in [2.24, 2.45) is 0 Å². The molecule has 66 heavy (non-hydrogen) atoms. The van der Waals surface area contributed by atoms with Crippen molar-refractivity contribution < 1.29 is 13.2 Å². The molecule has 0 aliphatic heterocycles. The number of benzene rings is 8. The van der Waals surface area contributed by atoms with Crippen LogP contribution in [0.1, 0.15) is 38.9 Å². The molecular weight excluding hydrogens is 830 g/mol. The summed E-state index contributed by atoms with van der Waals surface area (Å²) >= 11 is 0. The summed E-state index contributed by atoms with van der Waals surface area (Å²) in [6.07, 6.45) is -4.97. The first-order valence-electron chi connectivity index (χ1n) is 20.2. The first-order chi connectivity index (χ1) is 32.1. The summed E-state index contributed by atoms with van der Waals surface area (Å²) in [5.41, 5.74) is 4.89. The van der Waals surface area contributed by atoms with Gasteiger partial charge in [-0.15, -0.1) is 0 Å². The molecule has 306 valence electrons. The van der Waals surface area contributed by atoms with E-state index in [2.05, 4.69) is 36.4 Å². The van der Waals surface area contributed by atoms with Gasteiger partial charge in [-0.3, -0.25) is 0 Å². The number of para-hydroxylation sites is 2. The van der Waals surface area contributed by atoms with Crippen LogP contribution in [0, 0.1) is 68.0 Å². The summed E-state index contributed by atoms with van der Waals surface area (Å²) in [4.78, 5) is 0. The maximum absolute atomic E-state index is 16.5. The van der Waals surface area contributed by atoms with Gasteiger partial charge < -0.3 is 9.13 Å². The number of nitriles is 6. The van der Waals surface area contributed by atoms with Gasteiger partial charge in [-0.1, -0.05) is 60.7 Å². The molecule has 2 aromatic heterocycles. The van der Waals surface area contributed by atoms with E-state index in [1.165, 1.54) is 30.3 Å². The molecule has 0 fully saturated rings. The minimum Gasteiger partial charge on any atom is -0.309 e. The zero-order chi connectivity index (χ0) is 45.9. The SMILES string of the molecule is N#Cc1cc(C#N)cc(-c2cc(-n3c4ccccc4c4cc(-c5ccc(C#N)cc5C#N)ccc43)c(C(F)(F)F)c(-n3c4ccccc4c4cc(-c5ccc(C#N)cc5C#N)ccc43)c2)c1. The first-order valence-corrected chi connectivity index (χ1v) is 20.2. The fourth-order valence-corrected chi connectivity index (χ4v) is 9.06. The molecule has 0 aliphatic rings. The lowest BCUT2D eigenvalue weighted by Crippen LogP contribution is -2.16. The van der Waals surface area contributed by atoms with Crippen molar-refractivity contribution >= 4 is 43.6 Å². The van der Waals surface area contributed by atoms with Crippen LogP contribution < -0.4 is 0 Å². The lowest BCUT2D eigenvalue weighted by Gasteiger charge is -2.23. The third-order valence-corrected chi connectivity index (χ3v) is 11.9. The molecule has 0 spiro atoms. The largest absolute Gasteiger partial charge is 0.420 e. The molecule has 0 bridgehead atoms. The standard InChI is InChI=1S/C55H25F3N8/c56-55(57,58)54-52(65-48-7-3-1-5-44(48)46-22-36(11-15-50(46)65)42-13-9-32(26-59)18-40(42)30-63)24-39(38-20-34(28-61)17-35(21-38)29-62)25-53(54)66-49-8-4-2-6-45(49)47-23-37(12-16-51(47)66)43-14-10-33(27-60)19-41(43)31-64/h1-25H. The smallest absolute Gasteiger partial charge is 0.309 e. The molecule has 11 heteroatoms. The molecule has 0 unspecified atom stereocenters. The minimum absolute atomic E-state index is 0.153. The summed E-state index contributed by atoms with van der Waals surface area (Å²) in [6.45, 7) is 0. The molecule has 0 amide bonds. The van der Waals surface area contributed by atoms with Gasteiger partial charge in [0.05, 0.1) is 103 Å². The third-order valence-electron chi connectivity index (χ3n) is 11.9. The summed E-state index contributed by atoms with van der Waals surface area (Å²) in [5, 5.41) is 61.6. The molecule has 0 N–H and O–H groups in total. The fraction of sp³-hybridized carbons (Fsp3) is 0.0182. The number of halogens is 3. The molecule has 0 saturated carbocycles. The van der Waals surface area contributed by atoms with Crippen LogP contribution in [0.4, 0.5) is 13.2 Å². The van der Waals surface area contributed by atoms with Crippen LogP contribution in [-0.2, 0) is 6.18 Å². The van der Waals surface area contributed by atoms with Crippen molar-refractivity contribution in [3.05, 3.63) is 191 Å². The van der Waals surface area contributed by atoms with E-state index in [1.807, 2.05) is 24.3 Å². The lowest BCUT2D eigenvalue weighted by molar-refractivity contribution is -0.137. The van der Waals surface area contributed by atoms with Crippen molar-refractivity contribution in [1.82, 2.24) is 9.13 Å². The van der Waals surface area contributed by atoms with Crippen molar-refractivity contribution in [3.8, 4) is 81.2 Å². The van der Waals surface area contributed by atoms with Gasteiger partial charge in [0.25, 0.3) is 0 Å². The highest BCUT2D eigenvalue weighted by Gasteiger charge is 2.39. The number of aromatic nitrogens is 2. The minimum atomic E-state index is -4.97. The predicted molar refractivity (Wildman–Crippen MR) is 245 cm³/mol. The molecule has 10 aromatic rings. The van der Waals surface area contributed by atoms with Gasteiger partial charge in [0, 0.05) is 21.5 Å². The van der Waals surface area contributed by atoms with Crippen LogP contribution in [0.3, 0.4) is 0 Å². The Kier molecular flexibility index (Phi) is 9.41. The second-order valence-corrected chi connectivity index (χ2v) is 15.5. The second kappa shape index (κ2) is 15.5. The fourth-order valence-electron chi connectivity index (χ4n) is 9.06. The van der Waals surface area contributed by atoms with E-state index in [0.717, 1.165) is 0 Å². The lowest BCUT2D eigenvalue weighted by atomic mass is 9.96. The van der Waals surface area contributed by atoms with Gasteiger partial charge in [-0.25, -0.2) is 0 Å². The Bertz CT molecular complexity index is 3770. The highest BCUT2D eigenvalue weighted by atomic mass is 19.4. The van der Waals surface area contributed by atoms with Crippen molar-refractivity contribution in [1.29, 1.82) is 31.6 Å². The number of rotatable bonds is 5. The molecule has 8 aromatic carbocycles. The number of hydrogen-bond acceptors (Lipinski definition) is 6. The highest BCUT2D eigenvalue weighted by Crippen LogP contribution is 2.47. The normalized spacial score (nSPS) is 11.2. The first kappa shape index (κ1) is 40.2. The van der Waals surface area contributed by atoms with Crippen LogP contribution in [0.25, 0.3) is 88.4 Å². The number of nitrogens with zero attached hydrogens (tertiary/aromatic N) is 8. The monoisotopic (exact) mass is 854 g/mol. The Morgan fingerprint density at radius 3 is 1.17 bits per heavy atom. The summed E-state index contributed by atoms with van der Waals surface area (Å²) in [5.74, 6) is 0. The zero-order valence-electron chi connectivity index (χ0n) is 34.1. The van der Waals surface area contributed by atoms with Crippen LogP contribution >= 0.6 is 0 Å². The van der Waals surface area contributed by atoms with E-state index in [0.29, 0.717) is 88.1 Å². The topological polar surface area (TPSA) is 153 Å². The van der Waals surface area contributed by atoms with E-state index < -0.39 is 11.7 Å². The Labute approximate surface area is 374 Å². The van der Waals surface area contributed by atoms with Crippen LogP contribution in [0.5, 0.6) is 0 Å². The van der Waals surface area contributed by atoms with Crippen LogP contribution in [0.2, 0.25) is 0 Å². The average Bonchev–Trinajstić information content (AvgIpc) is 3.87. The van der Waals surface area contributed by atoms with Gasteiger partial charge in [-0.05, 0) is 124 Å². The second-order valence-electron chi connectivity index (χ2n) is 15.5. The Morgan fingerprint density at radius 1 is 0.348 bits per heavy atom. The van der Waals surface area contributed by atoms with Gasteiger partial charge >= 0.3 is 6.18 Å². The number of hydrogen-bond donors (Lipinski definition) is 0. The number of alkyl halides is 3. The summed E-state index contributed by atoms with van der Waals surface area (Å²) in [7, 11) is 0. The predicted octanol–water partition coefficient (Wildman–Crippen LogP) is 13.1. The van der Waals surface area contributed by atoms with E-state index in [9.17, 15) is 31.6 Å². The molecule has 2 heterocycles. The van der Waals surface area contributed by atoms with E-state index >= 15 is 13.2 Å². The van der Waals surface area contributed by atoms with Crippen LogP contribution in [0.15, 0.2) is 152 Å². The van der Waals surface area contributed by atoms with Gasteiger partial charge in [0.2, 0.25) is 0 Å². The Balaban J connectivity index is 1.33. The van der Waals surface area contributed by atoms with Crippen LogP contribution in [-0.4, -0.2) is 9.13 Å². The number of fused-ring (bicyclic) bond motifs is 6. The summed E-state index contributed by atoms with van der Waals surface area (Å²) < 4.78 is 52.7. The summed E-state index contributed by atoms with van der Waals surface area (Å²) in [6, 6.07) is 54.4. The van der Waals surface area contributed by atoms with E-state index in [4.69, 9.17) is 0 Å². The zero-order valence-corrected chi connectivity index (χ0v) is 34.1. The van der Waals surface area contributed by atoms with Crippen molar-refractivity contribution in [2.75, 3.05) is 0 Å². The molecule has 0 atom stereocenters. The molecular formula is C55H25F3N8. The van der Waals surface area contributed by atoms with Gasteiger partial charge in [-0.2, -0.15) is 44.7 Å². The van der Waals surface area contributed by atoms with Crippen molar-refractivity contribution in [2.45, 2.75) is 6.18 Å². The molecule has 0 aliphatic carbocycles. The van der Waals surface area contributed by atoms with E-state index in [-0.39, 0.29) is 33.6 Å². The van der Waals surface area contributed by atoms with Gasteiger partial charge in [0.15, 0.2) is 0 Å². The average molecular weight is 855 g/mol.